The van der Waals surface area contributed by atoms with Gasteiger partial charge in [0.2, 0.25) is 0 Å². The largest absolute Gasteiger partial charge is 0.337 e. The predicted octanol–water partition coefficient (Wildman–Crippen LogP) is 2.98. The van der Waals surface area contributed by atoms with Crippen LogP contribution in [0, 0.1) is 34.1 Å². The minimum absolute atomic E-state index is 0.158. The molecule has 4 amide bonds. The smallest absolute Gasteiger partial charge is 0.306 e. The number of urea groups is 2. The van der Waals surface area contributed by atoms with Gasteiger partial charge in [-0.2, -0.15) is 0 Å². The van der Waals surface area contributed by atoms with Crippen molar-refractivity contribution < 1.29 is 19.4 Å². The number of benzene rings is 2. The number of hydrazine groups is 1. The van der Waals surface area contributed by atoms with Gasteiger partial charge in [-0.1, -0.05) is 12.1 Å². The maximum absolute atomic E-state index is 11.8. The highest BCUT2D eigenvalue weighted by Gasteiger charge is 2.14. The van der Waals surface area contributed by atoms with Gasteiger partial charge >= 0.3 is 12.1 Å². The summed E-state index contributed by atoms with van der Waals surface area (Å²) in [6.07, 6.45) is 0. The van der Waals surface area contributed by atoms with Gasteiger partial charge in [0.05, 0.1) is 9.85 Å². The molecule has 0 saturated heterocycles. The zero-order chi connectivity index (χ0) is 20.8. The summed E-state index contributed by atoms with van der Waals surface area (Å²) in [5, 5.41) is 26.5. The quantitative estimate of drug-likeness (QED) is 0.463. The predicted molar refractivity (Wildman–Crippen MR) is 100.0 cm³/mol. The molecule has 146 valence electrons. The monoisotopic (exact) mass is 388 g/mol. The molecular weight excluding hydrogens is 372 g/mol. The van der Waals surface area contributed by atoms with E-state index >= 15 is 0 Å². The average molecular weight is 388 g/mol. The molecule has 0 bridgehead atoms. The van der Waals surface area contributed by atoms with E-state index in [0.717, 1.165) is 0 Å². The van der Waals surface area contributed by atoms with Crippen molar-refractivity contribution in [3.05, 3.63) is 67.8 Å². The minimum atomic E-state index is -0.844. The molecule has 28 heavy (non-hydrogen) atoms. The molecule has 0 aliphatic carbocycles. The first-order chi connectivity index (χ1) is 13.2. The van der Waals surface area contributed by atoms with Crippen molar-refractivity contribution in [3.63, 3.8) is 0 Å². The van der Waals surface area contributed by atoms with Crippen molar-refractivity contribution in [1.82, 2.24) is 10.9 Å². The number of aryl methyl sites for hydroxylation is 2. The van der Waals surface area contributed by atoms with E-state index < -0.39 is 21.9 Å². The van der Waals surface area contributed by atoms with E-state index in [1.54, 1.807) is 13.8 Å². The highest BCUT2D eigenvalue weighted by Crippen LogP contribution is 2.23. The average Bonchev–Trinajstić information content (AvgIpc) is 2.62. The molecule has 0 aliphatic rings. The van der Waals surface area contributed by atoms with Crippen LogP contribution in [-0.4, -0.2) is 21.9 Å². The fourth-order valence-corrected chi connectivity index (χ4v) is 2.21. The summed E-state index contributed by atoms with van der Waals surface area (Å²) in [6.45, 7) is 3.12. The van der Waals surface area contributed by atoms with Crippen LogP contribution in [0.1, 0.15) is 11.1 Å². The summed E-state index contributed by atoms with van der Waals surface area (Å²) >= 11 is 0. The van der Waals surface area contributed by atoms with Gasteiger partial charge in [-0.05, 0) is 26.0 Å². The number of amides is 4. The second kappa shape index (κ2) is 8.44. The summed E-state index contributed by atoms with van der Waals surface area (Å²) in [5.74, 6) is 0. The lowest BCUT2D eigenvalue weighted by Crippen LogP contribution is -2.45. The molecule has 0 aliphatic heterocycles. The first-order valence-corrected chi connectivity index (χ1v) is 7.81. The Hall–Kier alpha value is -4.22. The Morgan fingerprint density at radius 2 is 1.11 bits per heavy atom. The Balaban J connectivity index is 1.92. The van der Waals surface area contributed by atoms with Crippen molar-refractivity contribution in [3.8, 4) is 0 Å². The third-order valence-corrected chi connectivity index (χ3v) is 3.62. The Kier molecular flexibility index (Phi) is 6.06. The number of anilines is 2. The number of nitro benzene ring substituents is 2. The summed E-state index contributed by atoms with van der Waals surface area (Å²) < 4.78 is 0. The molecule has 0 heterocycles. The minimum Gasteiger partial charge on any atom is -0.306 e. The summed E-state index contributed by atoms with van der Waals surface area (Å²) in [5.41, 5.74) is 4.95. The third-order valence-electron chi connectivity index (χ3n) is 3.62. The van der Waals surface area contributed by atoms with Crippen LogP contribution in [0.5, 0.6) is 0 Å². The highest BCUT2D eigenvalue weighted by atomic mass is 16.6. The van der Waals surface area contributed by atoms with Crippen molar-refractivity contribution in [1.29, 1.82) is 0 Å². The summed E-state index contributed by atoms with van der Waals surface area (Å²) in [6, 6.07) is 6.55. The molecular formula is C16H16N6O6. The van der Waals surface area contributed by atoms with Crippen LogP contribution in [0.25, 0.3) is 0 Å². The number of carbonyl (C=O) groups is 2. The number of nitro groups is 2. The van der Waals surface area contributed by atoms with Gasteiger partial charge in [-0.15, -0.1) is 0 Å². The Morgan fingerprint density at radius 1 is 0.750 bits per heavy atom. The molecule has 4 N–H and O–H groups in total. The molecule has 2 rings (SSSR count). The lowest BCUT2D eigenvalue weighted by Gasteiger charge is -2.10. The molecule has 0 saturated carbocycles. The normalized spacial score (nSPS) is 9.93. The zero-order valence-electron chi connectivity index (χ0n) is 14.8. The standard InChI is InChI=1S/C16H16N6O6/c1-9-3-5-11(7-13(9)21(25)26)17-15(23)19-20-16(24)18-12-6-4-10(2)14(8-12)22(27)28/h3-8H,1-2H3,(H2,17,19,23)(H2,18,20,24). The second-order valence-electron chi connectivity index (χ2n) is 5.67. The van der Waals surface area contributed by atoms with E-state index in [9.17, 15) is 29.8 Å². The van der Waals surface area contributed by atoms with Crippen LogP contribution in [-0.2, 0) is 0 Å². The van der Waals surface area contributed by atoms with Crippen LogP contribution >= 0.6 is 0 Å². The number of nitrogens with zero attached hydrogens (tertiary/aromatic N) is 2. The van der Waals surface area contributed by atoms with Gasteiger partial charge < -0.3 is 10.6 Å². The van der Waals surface area contributed by atoms with Crippen molar-refractivity contribution in [2.45, 2.75) is 13.8 Å². The number of hydrogen-bond acceptors (Lipinski definition) is 6. The van der Waals surface area contributed by atoms with Crippen LogP contribution in [0.3, 0.4) is 0 Å². The van der Waals surface area contributed by atoms with Crippen LogP contribution in [0.4, 0.5) is 32.3 Å². The van der Waals surface area contributed by atoms with Crippen LogP contribution < -0.4 is 21.5 Å². The van der Waals surface area contributed by atoms with Crippen molar-refractivity contribution >= 4 is 34.8 Å². The van der Waals surface area contributed by atoms with Gasteiger partial charge in [0.1, 0.15) is 0 Å². The van der Waals surface area contributed by atoms with E-state index in [4.69, 9.17) is 0 Å². The fourth-order valence-electron chi connectivity index (χ4n) is 2.21. The van der Waals surface area contributed by atoms with E-state index in [2.05, 4.69) is 10.6 Å². The van der Waals surface area contributed by atoms with Gasteiger partial charge in [0, 0.05) is 34.6 Å². The molecule has 0 aromatic heterocycles. The van der Waals surface area contributed by atoms with Crippen molar-refractivity contribution in [2.24, 2.45) is 0 Å². The topological polar surface area (TPSA) is 169 Å². The maximum atomic E-state index is 11.8. The molecule has 2 aromatic carbocycles. The van der Waals surface area contributed by atoms with Crippen LogP contribution in [0.2, 0.25) is 0 Å². The molecule has 12 nitrogen and oxygen atoms in total. The number of rotatable bonds is 4. The summed E-state index contributed by atoms with van der Waals surface area (Å²) in [4.78, 5) is 44.3. The third kappa shape index (κ3) is 5.14. The first kappa shape index (κ1) is 20.1. The van der Waals surface area contributed by atoms with Gasteiger partial charge in [-0.25, -0.2) is 20.4 Å². The van der Waals surface area contributed by atoms with Crippen LogP contribution in [0.15, 0.2) is 36.4 Å². The molecule has 0 unspecified atom stereocenters. The molecule has 2 aromatic rings. The van der Waals surface area contributed by atoms with E-state index in [0.29, 0.717) is 11.1 Å². The van der Waals surface area contributed by atoms with Crippen molar-refractivity contribution in [2.75, 3.05) is 10.6 Å². The number of nitrogens with one attached hydrogen (secondary N) is 4. The summed E-state index contributed by atoms with van der Waals surface area (Å²) in [7, 11) is 0. The van der Waals surface area contributed by atoms with E-state index in [-0.39, 0.29) is 22.7 Å². The molecule has 0 fully saturated rings. The SMILES string of the molecule is Cc1ccc(NC(=O)NNC(=O)Nc2ccc(C)c([N+](=O)[O-])c2)cc1[N+](=O)[O-]. The molecule has 12 heteroatoms. The zero-order valence-corrected chi connectivity index (χ0v) is 14.8. The number of carbonyl (C=O) groups excluding carboxylic acids is 2. The molecule has 0 spiro atoms. The second-order valence-corrected chi connectivity index (χ2v) is 5.67. The lowest BCUT2D eigenvalue weighted by molar-refractivity contribution is -0.385. The number of hydrogen-bond donors (Lipinski definition) is 4. The highest BCUT2D eigenvalue weighted by molar-refractivity contribution is 5.94. The van der Waals surface area contributed by atoms with Gasteiger partial charge in [-0.3, -0.25) is 20.2 Å². The van der Waals surface area contributed by atoms with Gasteiger partial charge in [0.25, 0.3) is 11.4 Å². The van der Waals surface area contributed by atoms with E-state index in [1.807, 2.05) is 10.9 Å². The molecule has 0 atom stereocenters. The Labute approximate surface area is 158 Å². The maximum Gasteiger partial charge on any atom is 0.337 e. The van der Waals surface area contributed by atoms with E-state index in [1.165, 1.54) is 36.4 Å². The lowest BCUT2D eigenvalue weighted by atomic mass is 10.2. The first-order valence-electron chi connectivity index (χ1n) is 7.81. The molecule has 0 radical (unpaired) electrons. The fraction of sp³-hybridized carbons (Fsp3) is 0.125. The Bertz CT molecular complexity index is 883. The Morgan fingerprint density at radius 3 is 1.43 bits per heavy atom. The van der Waals surface area contributed by atoms with Gasteiger partial charge in [0.15, 0.2) is 0 Å².